The molecular weight excluding hydrogens is 318 g/mol. The summed E-state index contributed by atoms with van der Waals surface area (Å²) in [4.78, 5) is 23.7. The Labute approximate surface area is 147 Å². The van der Waals surface area contributed by atoms with Gasteiger partial charge in [-0.05, 0) is 49.9 Å². The standard InChI is InChI=1S/C19H23N3O3/c1-13(23)18-11-17(22-25-18)9-15-12-20-8-7-14(15)10-19(24)21-16-5-3-2-4-6-16/h2-6,11,14-15,20H,7-10,12H2,1H3,(H,21,24). The molecule has 6 nitrogen and oxygen atoms in total. The predicted molar refractivity (Wildman–Crippen MR) is 94.4 cm³/mol. The third kappa shape index (κ3) is 4.76. The lowest BCUT2D eigenvalue weighted by molar-refractivity contribution is -0.117. The van der Waals surface area contributed by atoms with E-state index in [2.05, 4.69) is 15.8 Å². The minimum absolute atomic E-state index is 0.0349. The molecule has 132 valence electrons. The molecule has 1 aliphatic rings. The number of benzene rings is 1. The molecule has 2 unspecified atom stereocenters. The second kappa shape index (κ2) is 8.07. The molecule has 0 spiro atoms. The molecule has 1 amide bonds. The van der Waals surface area contributed by atoms with Crippen LogP contribution in [0.4, 0.5) is 5.69 Å². The number of ketones is 1. The molecule has 1 aliphatic heterocycles. The van der Waals surface area contributed by atoms with E-state index in [-0.39, 0.29) is 23.4 Å². The Kier molecular flexibility index (Phi) is 5.60. The number of Topliss-reactive ketones (excluding diaryl/α,β-unsaturated/α-hetero) is 1. The highest BCUT2D eigenvalue weighted by atomic mass is 16.5. The van der Waals surface area contributed by atoms with E-state index in [4.69, 9.17) is 4.52 Å². The quantitative estimate of drug-likeness (QED) is 0.789. The fourth-order valence-corrected chi connectivity index (χ4v) is 3.30. The van der Waals surface area contributed by atoms with E-state index in [1.807, 2.05) is 30.3 Å². The Morgan fingerprint density at radius 2 is 2.08 bits per heavy atom. The Morgan fingerprint density at radius 3 is 2.80 bits per heavy atom. The molecule has 0 radical (unpaired) electrons. The van der Waals surface area contributed by atoms with E-state index in [0.717, 1.165) is 30.9 Å². The number of nitrogens with one attached hydrogen (secondary N) is 2. The molecule has 1 aromatic heterocycles. The number of piperidine rings is 1. The van der Waals surface area contributed by atoms with Gasteiger partial charge in [0.1, 0.15) is 0 Å². The number of carbonyl (C=O) groups is 2. The van der Waals surface area contributed by atoms with Crippen LogP contribution in [0.3, 0.4) is 0 Å². The molecule has 1 saturated heterocycles. The third-order valence-corrected chi connectivity index (χ3v) is 4.65. The normalized spacial score (nSPS) is 20.2. The van der Waals surface area contributed by atoms with Gasteiger partial charge in [0.2, 0.25) is 11.7 Å². The average molecular weight is 341 g/mol. The summed E-state index contributed by atoms with van der Waals surface area (Å²) in [5.41, 5.74) is 1.59. The molecule has 0 aliphatic carbocycles. The van der Waals surface area contributed by atoms with Gasteiger partial charge < -0.3 is 15.2 Å². The van der Waals surface area contributed by atoms with Crippen molar-refractivity contribution in [2.24, 2.45) is 11.8 Å². The highest BCUT2D eigenvalue weighted by Gasteiger charge is 2.28. The van der Waals surface area contributed by atoms with E-state index in [9.17, 15) is 9.59 Å². The van der Waals surface area contributed by atoms with E-state index in [1.54, 1.807) is 6.07 Å². The molecule has 1 aromatic carbocycles. The summed E-state index contributed by atoms with van der Waals surface area (Å²) in [5, 5.41) is 10.3. The molecule has 6 heteroatoms. The molecule has 2 aromatic rings. The van der Waals surface area contributed by atoms with Gasteiger partial charge in [-0.15, -0.1) is 0 Å². The van der Waals surface area contributed by atoms with Crippen molar-refractivity contribution >= 4 is 17.4 Å². The van der Waals surface area contributed by atoms with Crippen molar-refractivity contribution in [3.8, 4) is 0 Å². The van der Waals surface area contributed by atoms with Crippen LogP contribution in [0.25, 0.3) is 0 Å². The van der Waals surface area contributed by atoms with Gasteiger partial charge in [0, 0.05) is 25.1 Å². The van der Waals surface area contributed by atoms with Gasteiger partial charge in [0.25, 0.3) is 0 Å². The first-order chi connectivity index (χ1) is 12.1. The lowest BCUT2D eigenvalue weighted by atomic mass is 9.81. The van der Waals surface area contributed by atoms with Crippen LogP contribution in [0, 0.1) is 11.8 Å². The number of hydrogen-bond donors (Lipinski definition) is 2. The van der Waals surface area contributed by atoms with Gasteiger partial charge in [-0.25, -0.2) is 0 Å². The molecule has 2 atom stereocenters. The number of rotatable bonds is 6. The van der Waals surface area contributed by atoms with E-state index in [1.165, 1.54) is 6.92 Å². The van der Waals surface area contributed by atoms with Gasteiger partial charge in [0.05, 0.1) is 5.69 Å². The minimum atomic E-state index is -0.126. The van der Waals surface area contributed by atoms with Crippen molar-refractivity contribution in [1.29, 1.82) is 0 Å². The first-order valence-corrected chi connectivity index (χ1v) is 8.64. The highest BCUT2D eigenvalue weighted by Crippen LogP contribution is 2.26. The van der Waals surface area contributed by atoms with Crippen LogP contribution in [0.5, 0.6) is 0 Å². The zero-order valence-corrected chi connectivity index (χ0v) is 14.3. The summed E-state index contributed by atoms with van der Waals surface area (Å²) >= 11 is 0. The molecule has 2 heterocycles. The smallest absolute Gasteiger partial charge is 0.224 e. The largest absolute Gasteiger partial charge is 0.353 e. The lowest BCUT2D eigenvalue weighted by Crippen LogP contribution is -2.39. The fraction of sp³-hybridized carbons (Fsp3) is 0.421. The molecule has 3 rings (SSSR count). The van der Waals surface area contributed by atoms with Crippen LogP contribution in [0.15, 0.2) is 40.9 Å². The number of para-hydroxylation sites is 1. The van der Waals surface area contributed by atoms with Gasteiger partial charge >= 0.3 is 0 Å². The van der Waals surface area contributed by atoms with Gasteiger partial charge in [0.15, 0.2) is 5.78 Å². The summed E-state index contributed by atoms with van der Waals surface area (Å²) in [6.45, 7) is 3.21. The zero-order valence-electron chi connectivity index (χ0n) is 14.3. The van der Waals surface area contributed by atoms with E-state index < -0.39 is 0 Å². The second-order valence-corrected chi connectivity index (χ2v) is 6.57. The SMILES string of the molecule is CC(=O)c1cc(CC2CNCCC2CC(=O)Nc2ccccc2)no1. The second-order valence-electron chi connectivity index (χ2n) is 6.57. The zero-order chi connectivity index (χ0) is 17.6. The highest BCUT2D eigenvalue weighted by molar-refractivity contribution is 5.91. The lowest BCUT2D eigenvalue weighted by Gasteiger charge is -2.31. The van der Waals surface area contributed by atoms with Crippen LogP contribution < -0.4 is 10.6 Å². The molecule has 1 fully saturated rings. The monoisotopic (exact) mass is 341 g/mol. The van der Waals surface area contributed by atoms with Crippen LogP contribution in [0.2, 0.25) is 0 Å². The predicted octanol–water partition coefficient (Wildman–Crippen LogP) is 2.67. The van der Waals surface area contributed by atoms with Crippen molar-refractivity contribution in [2.45, 2.75) is 26.2 Å². The molecule has 25 heavy (non-hydrogen) atoms. The fourth-order valence-electron chi connectivity index (χ4n) is 3.30. The Bertz CT molecular complexity index is 727. The van der Waals surface area contributed by atoms with Gasteiger partial charge in [-0.1, -0.05) is 23.4 Å². The summed E-state index contributed by atoms with van der Waals surface area (Å²) in [7, 11) is 0. The third-order valence-electron chi connectivity index (χ3n) is 4.65. The number of aromatic nitrogens is 1. The van der Waals surface area contributed by atoms with E-state index in [0.29, 0.717) is 18.8 Å². The van der Waals surface area contributed by atoms with Crippen LogP contribution in [-0.4, -0.2) is 29.9 Å². The molecule has 2 N–H and O–H groups in total. The maximum absolute atomic E-state index is 12.4. The number of amides is 1. The number of anilines is 1. The van der Waals surface area contributed by atoms with E-state index >= 15 is 0 Å². The topological polar surface area (TPSA) is 84.2 Å². The van der Waals surface area contributed by atoms with Crippen molar-refractivity contribution in [3.63, 3.8) is 0 Å². The van der Waals surface area contributed by atoms with Crippen molar-refractivity contribution in [3.05, 3.63) is 47.9 Å². The number of nitrogens with zero attached hydrogens (tertiary/aromatic N) is 1. The minimum Gasteiger partial charge on any atom is -0.353 e. The van der Waals surface area contributed by atoms with Gasteiger partial charge in [-0.3, -0.25) is 9.59 Å². The summed E-state index contributed by atoms with van der Waals surface area (Å²) in [6.07, 6.45) is 2.13. The summed E-state index contributed by atoms with van der Waals surface area (Å²) < 4.78 is 5.06. The Hall–Kier alpha value is -2.47. The van der Waals surface area contributed by atoms with Crippen LogP contribution in [-0.2, 0) is 11.2 Å². The Balaban J connectivity index is 1.60. The summed E-state index contributed by atoms with van der Waals surface area (Å²) in [5.74, 6) is 0.770. The van der Waals surface area contributed by atoms with Crippen LogP contribution >= 0.6 is 0 Å². The van der Waals surface area contributed by atoms with Crippen molar-refractivity contribution in [1.82, 2.24) is 10.5 Å². The van der Waals surface area contributed by atoms with Crippen LogP contribution in [0.1, 0.15) is 36.0 Å². The molecular formula is C19H23N3O3. The van der Waals surface area contributed by atoms with Gasteiger partial charge in [-0.2, -0.15) is 0 Å². The average Bonchev–Trinajstić information content (AvgIpc) is 3.06. The first kappa shape index (κ1) is 17.4. The molecule has 0 saturated carbocycles. The molecule has 0 bridgehead atoms. The number of hydrogen-bond acceptors (Lipinski definition) is 5. The number of carbonyl (C=O) groups excluding carboxylic acids is 2. The maximum atomic E-state index is 12.4. The first-order valence-electron chi connectivity index (χ1n) is 8.64. The van der Waals surface area contributed by atoms with Crippen molar-refractivity contribution < 1.29 is 14.1 Å². The van der Waals surface area contributed by atoms with Crippen molar-refractivity contribution in [2.75, 3.05) is 18.4 Å². The Morgan fingerprint density at radius 1 is 1.28 bits per heavy atom. The maximum Gasteiger partial charge on any atom is 0.224 e. The summed E-state index contributed by atoms with van der Waals surface area (Å²) in [6, 6.07) is 11.2.